The third-order valence-electron chi connectivity index (χ3n) is 5.90. The molecule has 1 aromatic rings. The summed E-state index contributed by atoms with van der Waals surface area (Å²) in [5.74, 6) is -0.0675. The van der Waals surface area contributed by atoms with Crippen molar-refractivity contribution < 1.29 is 14.7 Å². The summed E-state index contributed by atoms with van der Waals surface area (Å²) in [6, 6.07) is 2.04. The molecule has 2 aliphatic heterocycles. The number of hydrogen-bond acceptors (Lipinski definition) is 7. The number of nitrogens with zero attached hydrogens (tertiary/aromatic N) is 4. The molecule has 2 saturated heterocycles. The molecule has 3 rings (SSSR count). The van der Waals surface area contributed by atoms with Crippen LogP contribution in [-0.4, -0.2) is 50.4 Å². The van der Waals surface area contributed by atoms with Gasteiger partial charge >= 0.3 is 5.97 Å². The first-order valence-electron chi connectivity index (χ1n) is 11.0. The second-order valence-corrected chi connectivity index (χ2v) is 10.5. The number of aliphatic carboxylic acids is 1. The monoisotopic (exact) mass is 488 g/mol. The fourth-order valence-electron chi connectivity index (χ4n) is 4.65. The lowest BCUT2D eigenvalue weighted by Gasteiger charge is -2.39. The van der Waals surface area contributed by atoms with Crippen LogP contribution < -0.4 is 10.5 Å². The minimum absolute atomic E-state index is 0.0533. The molecule has 0 radical (unpaired) electrons. The Kier molecular flexibility index (Phi) is 7.65. The van der Waals surface area contributed by atoms with Gasteiger partial charge in [0.1, 0.15) is 28.3 Å². The summed E-state index contributed by atoms with van der Waals surface area (Å²) in [5.41, 5.74) is 0.877. The summed E-state index contributed by atoms with van der Waals surface area (Å²) in [6.07, 6.45) is 3.47. The van der Waals surface area contributed by atoms with Crippen molar-refractivity contribution in [1.29, 1.82) is 5.26 Å². The first-order valence-corrected chi connectivity index (χ1v) is 12.2. The minimum atomic E-state index is -1.15. The van der Waals surface area contributed by atoms with Crippen molar-refractivity contribution in [3.05, 3.63) is 31.9 Å². The lowest BCUT2D eigenvalue weighted by Crippen LogP contribution is -2.43. The third-order valence-corrected chi connectivity index (χ3v) is 7.28. The van der Waals surface area contributed by atoms with Crippen molar-refractivity contribution in [2.24, 2.45) is 11.8 Å². The molecule has 1 amide bonds. The zero-order valence-electron chi connectivity index (χ0n) is 19.3. The number of thioether (sulfide) groups is 1. The standard InChI is InChI=1S/C23H28N4O4S2/c1-5-6-26-20(25-10-13(2)7-14(3)11-25)16(15(4)17(9-24)21(26)30)8-18-22(31)27(12-19(28)29)23(32)33-18/h8,13-14H,5-7,10-12H2,1-4H3,(H,28,29)/b18-8+. The molecule has 10 heteroatoms. The summed E-state index contributed by atoms with van der Waals surface area (Å²) in [5, 5.41) is 18.9. The van der Waals surface area contributed by atoms with Gasteiger partial charge in [-0.1, -0.05) is 44.8 Å². The minimum Gasteiger partial charge on any atom is -0.480 e. The van der Waals surface area contributed by atoms with Gasteiger partial charge in [-0.25, -0.2) is 0 Å². The number of pyridine rings is 1. The average molecular weight is 489 g/mol. The molecule has 3 heterocycles. The van der Waals surface area contributed by atoms with Crippen molar-refractivity contribution in [1.82, 2.24) is 9.47 Å². The van der Waals surface area contributed by atoms with Gasteiger partial charge in [0.25, 0.3) is 11.5 Å². The molecule has 1 N–H and O–H groups in total. The van der Waals surface area contributed by atoms with Gasteiger partial charge in [-0.2, -0.15) is 5.26 Å². The predicted octanol–water partition coefficient (Wildman–Crippen LogP) is 3.21. The molecule has 0 aliphatic carbocycles. The molecule has 1 aromatic heterocycles. The van der Waals surface area contributed by atoms with Crippen LogP contribution in [0.4, 0.5) is 5.82 Å². The number of carbonyl (C=O) groups excluding carboxylic acids is 1. The summed E-state index contributed by atoms with van der Waals surface area (Å²) in [7, 11) is 0. The van der Waals surface area contributed by atoms with E-state index >= 15 is 0 Å². The summed E-state index contributed by atoms with van der Waals surface area (Å²) in [4.78, 5) is 40.9. The van der Waals surface area contributed by atoms with E-state index in [-0.39, 0.29) is 20.3 Å². The quantitative estimate of drug-likeness (QED) is 0.481. The highest BCUT2D eigenvalue weighted by Gasteiger charge is 2.35. The Bertz CT molecular complexity index is 1120. The molecule has 176 valence electrons. The van der Waals surface area contributed by atoms with Crippen LogP contribution in [-0.2, 0) is 16.1 Å². The van der Waals surface area contributed by atoms with Gasteiger partial charge in [-0.3, -0.25) is 23.9 Å². The Morgan fingerprint density at radius 2 is 1.94 bits per heavy atom. The number of carboxylic acids is 1. The van der Waals surface area contributed by atoms with Gasteiger partial charge in [-0.05, 0) is 43.2 Å². The Balaban J connectivity index is 2.25. The molecule has 0 spiro atoms. The van der Waals surface area contributed by atoms with Crippen LogP contribution >= 0.6 is 24.0 Å². The molecule has 33 heavy (non-hydrogen) atoms. The Morgan fingerprint density at radius 1 is 1.30 bits per heavy atom. The molecule has 0 aromatic carbocycles. The number of nitriles is 1. The summed E-state index contributed by atoms with van der Waals surface area (Å²) in [6.45, 7) is 9.52. The Hall–Kier alpha value is -2.64. The number of piperidine rings is 1. The maximum Gasteiger partial charge on any atom is 0.323 e. The van der Waals surface area contributed by atoms with E-state index in [2.05, 4.69) is 18.7 Å². The normalized spacial score (nSPS) is 22.2. The highest BCUT2D eigenvalue weighted by atomic mass is 32.2. The predicted molar refractivity (Wildman–Crippen MR) is 133 cm³/mol. The number of hydrogen-bond donors (Lipinski definition) is 1. The number of carboxylic acid groups (broad SMARTS) is 1. The van der Waals surface area contributed by atoms with Crippen molar-refractivity contribution in [2.75, 3.05) is 24.5 Å². The van der Waals surface area contributed by atoms with Crippen LogP contribution in [0.5, 0.6) is 0 Å². The average Bonchev–Trinajstić information content (AvgIpc) is 2.98. The second kappa shape index (κ2) is 10.1. The van der Waals surface area contributed by atoms with Crippen molar-refractivity contribution in [3.63, 3.8) is 0 Å². The smallest absolute Gasteiger partial charge is 0.323 e. The van der Waals surface area contributed by atoms with Gasteiger partial charge < -0.3 is 10.0 Å². The number of anilines is 1. The van der Waals surface area contributed by atoms with Crippen LogP contribution in [0.15, 0.2) is 9.70 Å². The number of rotatable bonds is 6. The van der Waals surface area contributed by atoms with E-state index in [1.807, 2.05) is 13.0 Å². The van der Waals surface area contributed by atoms with Crippen LogP contribution in [0.2, 0.25) is 0 Å². The molecule has 0 saturated carbocycles. The zero-order valence-corrected chi connectivity index (χ0v) is 20.9. The first-order chi connectivity index (χ1) is 15.6. The summed E-state index contributed by atoms with van der Waals surface area (Å²) < 4.78 is 1.83. The van der Waals surface area contributed by atoms with Gasteiger partial charge in [0, 0.05) is 25.2 Å². The molecule has 2 aliphatic rings. The number of thiocarbonyl (C=S) groups is 1. The topological polar surface area (TPSA) is 107 Å². The molecule has 2 unspecified atom stereocenters. The molecule has 2 fully saturated rings. The number of carbonyl (C=O) groups is 2. The highest BCUT2D eigenvalue weighted by Crippen LogP contribution is 2.37. The largest absolute Gasteiger partial charge is 0.480 e. The van der Waals surface area contributed by atoms with Crippen LogP contribution in [0.1, 0.15) is 50.3 Å². The van der Waals surface area contributed by atoms with Gasteiger partial charge in [0.05, 0.1) is 4.91 Å². The molecular formula is C23H28N4O4S2. The highest BCUT2D eigenvalue weighted by molar-refractivity contribution is 8.26. The lowest BCUT2D eigenvalue weighted by atomic mass is 9.91. The Morgan fingerprint density at radius 3 is 2.48 bits per heavy atom. The third kappa shape index (κ3) is 4.99. The van der Waals surface area contributed by atoms with Crippen LogP contribution in [0, 0.1) is 30.1 Å². The zero-order chi connectivity index (χ0) is 24.4. The Labute approximate surface area is 202 Å². The fraction of sp³-hybridized carbons (Fsp3) is 0.522. The van der Waals surface area contributed by atoms with E-state index in [9.17, 15) is 19.6 Å². The van der Waals surface area contributed by atoms with E-state index in [1.165, 1.54) is 0 Å². The van der Waals surface area contributed by atoms with Crippen molar-refractivity contribution in [2.45, 2.75) is 47.1 Å². The molecule has 0 bridgehead atoms. The SMILES string of the molecule is CCCn1c(N2CC(C)CC(C)C2)c(/C=C2/SC(=S)N(CC(=O)O)C2=O)c(C)c(C#N)c1=O. The van der Waals surface area contributed by atoms with Gasteiger partial charge in [0.2, 0.25) is 0 Å². The van der Waals surface area contributed by atoms with Crippen LogP contribution in [0.25, 0.3) is 6.08 Å². The number of aromatic nitrogens is 1. The van der Waals surface area contributed by atoms with E-state index in [0.29, 0.717) is 41.7 Å². The molecular weight excluding hydrogens is 460 g/mol. The van der Waals surface area contributed by atoms with Crippen LogP contribution in [0.3, 0.4) is 0 Å². The maximum atomic E-state index is 13.2. The molecule has 2 atom stereocenters. The fourth-order valence-corrected chi connectivity index (χ4v) is 5.89. The van der Waals surface area contributed by atoms with E-state index in [4.69, 9.17) is 17.3 Å². The second-order valence-electron chi connectivity index (χ2n) is 8.82. The van der Waals surface area contributed by atoms with Crippen molar-refractivity contribution in [3.8, 4) is 6.07 Å². The van der Waals surface area contributed by atoms with Gasteiger partial charge in [0.15, 0.2) is 0 Å². The van der Waals surface area contributed by atoms with Crippen molar-refractivity contribution >= 4 is 52.1 Å². The first kappa shape index (κ1) is 25.0. The van der Waals surface area contributed by atoms with E-state index < -0.39 is 18.4 Å². The summed E-state index contributed by atoms with van der Waals surface area (Å²) >= 11 is 6.27. The molecule has 8 nitrogen and oxygen atoms in total. The number of amides is 1. The van der Waals surface area contributed by atoms with Gasteiger partial charge in [-0.15, -0.1) is 0 Å². The lowest BCUT2D eigenvalue weighted by molar-refractivity contribution is -0.140. The van der Waals surface area contributed by atoms with E-state index in [0.717, 1.165) is 36.2 Å². The maximum absolute atomic E-state index is 13.2. The van der Waals surface area contributed by atoms with E-state index in [1.54, 1.807) is 17.6 Å².